The van der Waals surface area contributed by atoms with Crippen LogP contribution in [0, 0.1) is 11.7 Å². The number of aromatic nitrogens is 3. The van der Waals surface area contributed by atoms with Gasteiger partial charge in [-0.05, 0) is 37.0 Å². The van der Waals surface area contributed by atoms with Crippen LogP contribution in [-0.4, -0.2) is 42.4 Å². The first-order chi connectivity index (χ1) is 14.3. The predicted octanol–water partition coefficient (Wildman–Crippen LogP) is 3.16. The van der Waals surface area contributed by atoms with Gasteiger partial charge in [-0.2, -0.15) is 0 Å². The van der Waals surface area contributed by atoms with Crippen LogP contribution in [0.15, 0.2) is 24.4 Å². The second-order valence-electron chi connectivity index (χ2n) is 6.92. The molecule has 0 spiro atoms. The van der Waals surface area contributed by atoms with E-state index in [1.165, 1.54) is 25.4 Å². The molecule has 3 aromatic rings. The third-order valence-electron chi connectivity index (χ3n) is 4.57. The number of sulfonamides is 1. The van der Waals surface area contributed by atoms with Gasteiger partial charge in [-0.25, -0.2) is 17.8 Å². The van der Waals surface area contributed by atoms with Crippen molar-refractivity contribution in [3.63, 3.8) is 0 Å². The van der Waals surface area contributed by atoms with Gasteiger partial charge in [-0.3, -0.25) is 14.6 Å². The Morgan fingerprint density at radius 3 is 2.87 bits per heavy atom. The number of H-pyrrole nitrogens is 1. The molecule has 1 aliphatic rings. The molecule has 2 heterocycles. The molecule has 0 bridgehead atoms. The summed E-state index contributed by atoms with van der Waals surface area (Å²) in [4.78, 5) is 16.8. The van der Waals surface area contributed by atoms with Crippen molar-refractivity contribution >= 4 is 49.9 Å². The van der Waals surface area contributed by atoms with Gasteiger partial charge >= 0.3 is 0 Å². The molecule has 0 atom stereocenters. The fourth-order valence-electron chi connectivity index (χ4n) is 2.94. The van der Waals surface area contributed by atoms with E-state index in [1.807, 2.05) is 0 Å². The number of hydrogen-bond acceptors (Lipinski definition) is 6. The molecule has 2 aromatic heterocycles. The predicted molar refractivity (Wildman–Crippen MR) is 110 cm³/mol. The lowest BCUT2D eigenvalue weighted by molar-refractivity contribution is 0.102. The first-order valence-corrected chi connectivity index (χ1v) is 11.0. The summed E-state index contributed by atoms with van der Waals surface area (Å²) in [5.74, 6) is -1.64. The summed E-state index contributed by atoms with van der Waals surface area (Å²) in [5, 5.41) is 9.45. The Balaban J connectivity index is 1.60. The zero-order valence-electron chi connectivity index (χ0n) is 15.7. The van der Waals surface area contributed by atoms with Crippen LogP contribution in [-0.2, 0) is 10.0 Å². The molecular formula is C18H17ClFN5O4S. The molecular weight excluding hydrogens is 437 g/mol. The highest BCUT2D eigenvalue weighted by molar-refractivity contribution is 7.92. The van der Waals surface area contributed by atoms with Crippen molar-refractivity contribution in [1.82, 2.24) is 15.2 Å². The average molecular weight is 454 g/mol. The number of pyridine rings is 1. The van der Waals surface area contributed by atoms with Gasteiger partial charge in [-0.15, -0.1) is 5.10 Å². The minimum Gasteiger partial charge on any atom is -0.479 e. The minimum absolute atomic E-state index is 0.0861. The van der Waals surface area contributed by atoms with Crippen LogP contribution >= 0.6 is 11.6 Å². The van der Waals surface area contributed by atoms with E-state index in [0.717, 1.165) is 12.8 Å². The minimum atomic E-state index is -3.73. The standard InChI is InChI=1S/C18H17ClFN5O4S/c1-29-18-11-6-10(7-21-16(11)23-24-18)22-17(26)14-12(19)4-5-13(15(14)20)25-30(27,28)8-9-2-3-9/h4-7,9,25H,2-3,8H2,1H3,(H,22,26)(H,21,23,24). The number of carbonyl (C=O) groups excluding carboxylic acids is 1. The molecule has 1 saturated carbocycles. The number of amides is 1. The van der Waals surface area contributed by atoms with E-state index in [1.54, 1.807) is 6.07 Å². The maximum absolute atomic E-state index is 15.0. The van der Waals surface area contributed by atoms with Crippen molar-refractivity contribution < 1.29 is 22.3 Å². The van der Waals surface area contributed by atoms with E-state index in [0.29, 0.717) is 11.0 Å². The average Bonchev–Trinajstić information content (AvgIpc) is 3.39. The molecule has 1 amide bonds. The van der Waals surface area contributed by atoms with Crippen molar-refractivity contribution in [2.75, 3.05) is 22.9 Å². The normalized spacial score (nSPS) is 14.0. The van der Waals surface area contributed by atoms with E-state index in [4.69, 9.17) is 16.3 Å². The van der Waals surface area contributed by atoms with Gasteiger partial charge < -0.3 is 10.1 Å². The molecule has 12 heteroatoms. The molecule has 1 fully saturated rings. The Bertz CT molecular complexity index is 1240. The zero-order valence-corrected chi connectivity index (χ0v) is 17.3. The number of anilines is 2. The summed E-state index contributed by atoms with van der Waals surface area (Å²) in [6.07, 6.45) is 3.01. The van der Waals surface area contributed by atoms with Gasteiger partial charge in [0.1, 0.15) is 0 Å². The molecule has 0 radical (unpaired) electrons. The van der Waals surface area contributed by atoms with Gasteiger partial charge in [0.25, 0.3) is 5.91 Å². The maximum atomic E-state index is 15.0. The molecule has 0 unspecified atom stereocenters. The summed E-state index contributed by atoms with van der Waals surface area (Å²) in [5.41, 5.74) is -0.124. The number of fused-ring (bicyclic) bond motifs is 1. The lowest BCUT2D eigenvalue weighted by Crippen LogP contribution is -2.20. The monoisotopic (exact) mass is 453 g/mol. The van der Waals surface area contributed by atoms with Crippen LogP contribution in [0.3, 0.4) is 0 Å². The summed E-state index contributed by atoms with van der Waals surface area (Å²) in [7, 11) is -2.30. The van der Waals surface area contributed by atoms with E-state index >= 15 is 0 Å². The second kappa shape index (κ2) is 7.73. The molecule has 9 nitrogen and oxygen atoms in total. The number of rotatable bonds is 7. The van der Waals surface area contributed by atoms with E-state index < -0.39 is 27.3 Å². The van der Waals surface area contributed by atoms with Crippen molar-refractivity contribution in [3.05, 3.63) is 40.8 Å². The molecule has 4 rings (SSSR count). The van der Waals surface area contributed by atoms with Crippen LogP contribution in [0.5, 0.6) is 5.88 Å². The van der Waals surface area contributed by atoms with Crippen LogP contribution in [0.25, 0.3) is 11.0 Å². The third kappa shape index (κ3) is 4.17. The molecule has 0 aliphatic heterocycles. The number of ether oxygens (including phenoxy) is 1. The first-order valence-electron chi connectivity index (χ1n) is 8.95. The number of carbonyl (C=O) groups is 1. The van der Waals surface area contributed by atoms with Crippen LogP contribution < -0.4 is 14.8 Å². The summed E-state index contributed by atoms with van der Waals surface area (Å²) in [6.45, 7) is 0. The second-order valence-corrected chi connectivity index (χ2v) is 9.09. The fraction of sp³-hybridized carbons (Fsp3) is 0.278. The fourth-order valence-corrected chi connectivity index (χ4v) is 4.70. The number of halogens is 2. The molecule has 0 saturated heterocycles. The maximum Gasteiger partial charge on any atom is 0.260 e. The smallest absolute Gasteiger partial charge is 0.260 e. The van der Waals surface area contributed by atoms with Gasteiger partial charge in [0.15, 0.2) is 11.5 Å². The van der Waals surface area contributed by atoms with Crippen LogP contribution in [0.4, 0.5) is 15.8 Å². The SMILES string of the molecule is COc1n[nH]c2ncc(NC(=O)c3c(Cl)ccc(NS(=O)(=O)CC4CC4)c3F)cc12. The quantitative estimate of drug-likeness (QED) is 0.504. The van der Waals surface area contributed by atoms with Crippen molar-refractivity contribution in [1.29, 1.82) is 0 Å². The highest BCUT2D eigenvalue weighted by Crippen LogP contribution is 2.32. The van der Waals surface area contributed by atoms with Crippen LogP contribution in [0.1, 0.15) is 23.2 Å². The largest absolute Gasteiger partial charge is 0.479 e. The van der Waals surface area contributed by atoms with Gasteiger partial charge in [0.2, 0.25) is 15.9 Å². The van der Waals surface area contributed by atoms with Gasteiger partial charge in [-0.1, -0.05) is 11.6 Å². The molecule has 3 N–H and O–H groups in total. The highest BCUT2D eigenvalue weighted by atomic mass is 35.5. The Hall–Kier alpha value is -2.92. The summed E-state index contributed by atoms with van der Waals surface area (Å²) < 4.78 is 46.6. The van der Waals surface area contributed by atoms with Crippen molar-refractivity contribution in [2.24, 2.45) is 5.92 Å². The van der Waals surface area contributed by atoms with E-state index in [-0.39, 0.29) is 33.9 Å². The lowest BCUT2D eigenvalue weighted by Gasteiger charge is -2.13. The van der Waals surface area contributed by atoms with Gasteiger partial charge in [0, 0.05) is 0 Å². The van der Waals surface area contributed by atoms with Gasteiger partial charge in [0.05, 0.1) is 46.4 Å². The first kappa shape index (κ1) is 20.4. The Morgan fingerprint density at radius 1 is 1.40 bits per heavy atom. The zero-order chi connectivity index (χ0) is 21.5. The summed E-state index contributed by atoms with van der Waals surface area (Å²) in [6, 6.07) is 3.99. The van der Waals surface area contributed by atoms with E-state index in [2.05, 4.69) is 25.2 Å². The topological polar surface area (TPSA) is 126 Å². The Labute approximate surface area is 176 Å². The number of aromatic amines is 1. The van der Waals surface area contributed by atoms with Crippen LogP contribution in [0.2, 0.25) is 5.02 Å². The van der Waals surface area contributed by atoms with E-state index in [9.17, 15) is 17.6 Å². The Morgan fingerprint density at radius 2 is 2.17 bits per heavy atom. The number of nitrogens with one attached hydrogen (secondary N) is 3. The van der Waals surface area contributed by atoms with Crippen molar-refractivity contribution in [2.45, 2.75) is 12.8 Å². The molecule has 158 valence electrons. The molecule has 1 aromatic carbocycles. The number of benzene rings is 1. The highest BCUT2D eigenvalue weighted by Gasteiger charge is 2.29. The number of methoxy groups -OCH3 is 1. The third-order valence-corrected chi connectivity index (χ3v) is 6.32. The lowest BCUT2D eigenvalue weighted by atomic mass is 10.1. The van der Waals surface area contributed by atoms with Crippen molar-refractivity contribution in [3.8, 4) is 5.88 Å². The molecule has 1 aliphatic carbocycles. The molecule has 30 heavy (non-hydrogen) atoms. The summed E-state index contributed by atoms with van der Waals surface area (Å²) >= 11 is 6.02. The Kier molecular flexibility index (Phi) is 5.24. The number of nitrogens with zero attached hydrogens (tertiary/aromatic N) is 2. The number of hydrogen-bond donors (Lipinski definition) is 3.